The topological polar surface area (TPSA) is 15.3 Å². The molecule has 1 aliphatic carbocycles. The van der Waals surface area contributed by atoms with Crippen molar-refractivity contribution in [1.29, 1.82) is 0 Å². The average Bonchev–Trinajstić information content (AvgIpc) is 2.77. The van der Waals surface area contributed by atoms with Gasteiger partial charge < -0.3 is 10.2 Å². The van der Waals surface area contributed by atoms with Crippen molar-refractivity contribution in [3.63, 3.8) is 0 Å². The second-order valence-electron chi connectivity index (χ2n) is 4.69. The highest BCUT2D eigenvalue weighted by atomic mass is 15.3. The summed E-state index contributed by atoms with van der Waals surface area (Å²) in [6, 6.07) is 8.52. The van der Waals surface area contributed by atoms with Gasteiger partial charge in [0.25, 0.3) is 0 Å². The van der Waals surface area contributed by atoms with Crippen LogP contribution in [-0.4, -0.2) is 6.17 Å². The molecule has 3 aliphatic rings. The van der Waals surface area contributed by atoms with Crippen molar-refractivity contribution in [3.05, 3.63) is 59.8 Å². The van der Waals surface area contributed by atoms with E-state index in [-0.39, 0.29) is 6.17 Å². The molecule has 0 bridgehead atoms. The van der Waals surface area contributed by atoms with Gasteiger partial charge in [-0.1, -0.05) is 24.3 Å². The van der Waals surface area contributed by atoms with Crippen LogP contribution in [0, 0.1) is 0 Å². The molecule has 0 fully saturated rings. The molecule has 0 amide bonds. The van der Waals surface area contributed by atoms with Gasteiger partial charge in [-0.2, -0.15) is 0 Å². The molecule has 1 unspecified atom stereocenters. The Labute approximate surface area is 101 Å². The largest absolute Gasteiger partial charge is 0.360 e. The first-order chi connectivity index (χ1) is 8.43. The lowest BCUT2D eigenvalue weighted by Gasteiger charge is -2.32. The Morgan fingerprint density at radius 1 is 1.18 bits per heavy atom. The Bertz CT molecular complexity index is 566. The lowest BCUT2D eigenvalue weighted by Crippen LogP contribution is -2.35. The van der Waals surface area contributed by atoms with Crippen LogP contribution >= 0.6 is 0 Å². The minimum Gasteiger partial charge on any atom is -0.360 e. The second kappa shape index (κ2) is 3.27. The van der Waals surface area contributed by atoms with Crippen LogP contribution in [-0.2, 0) is 0 Å². The van der Waals surface area contributed by atoms with Crippen LogP contribution in [0.15, 0.2) is 59.8 Å². The monoisotopic (exact) mass is 222 g/mol. The van der Waals surface area contributed by atoms with Gasteiger partial charge in [0, 0.05) is 5.70 Å². The van der Waals surface area contributed by atoms with E-state index < -0.39 is 0 Å². The highest BCUT2D eigenvalue weighted by Gasteiger charge is 2.32. The van der Waals surface area contributed by atoms with E-state index in [4.69, 9.17) is 0 Å². The third-order valence-corrected chi connectivity index (χ3v) is 3.67. The molecular weight excluding hydrogens is 208 g/mol. The van der Waals surface area contributed by atoms with Crippen molar-refractivity contribution in [2.24, 2.45) is 0 Å². The Morgan fingerprint density at radius 3 is 3.12 bits per heavy atom. The number of fused-ring (bicyclic) bond motifs is 4. The summed E-state index contributed by atoms with van der Waals surface area (Å²) in [6.07, 6.45) is 11.7. The Morgan fingerprint density at radius 2 is 2.12 bits per heavy atom. The first-order valence-electron chi connectivity index (χ1n) is 6.16. The molecule has 17 heavy (non-hydrogen) atoms. The molecule has 2 heteroatoms. The molecule has 1 atom stereocenters. The molecule has 2 aliphatic heterocycles. The van der Waals surface area contributed by atoms with Gasteiger partial charge in [-0.25, -0.2) is 0 Å². The summed E-state index contributed by atoms with van der Waals surface area (Å²) < 4.78 is 0. The predicted octanol–water partition coefficient (Wildman–Crippen LogP) is 3.42. The van der Waals surface area contributed by atoms with E-state index in [2.05, 4.69) is 58.8 Å². The number of allylic oxidation sites excluding steroid dienone is 4. The summed E-state index contributed by atoms with van der Waals surface area (Å²) in [5.74, 6) is 0. The third-order valence-electron chi connectivity index (χ3n) is 3.67. The van der Waals surface area contributed by atoms with Crippen molar-refractivity contribution in [1.82, 2.24) is 0 Å². The standard InChI is InChI=1S/C15H14N2/c1-3-7-13-11(5-1)9-10-15-16-12-6-2-4-8-14(12)17(13)15/h2-4,6-10,15-16H,1,5H2. The molecule has 84 valence electrons. The van der Waals surface area contributed by atoms with Crippen molar-refractivity contribution < 1.29 is 0 Å². The first kappa shape index (κ1) is 9.11. The van der Waals surface area contributed by atoms with E-state index in [0.29, 0.717) is 0 Å². The van der Waals surface area contributed by atoms with Gasteiger partial charge in [0.2, 0.25) is 0 Å². The van der Waals surface area contributed by atoms with Crippen LogP contribution in [0.4, 0.5) is 11.4 Å². The molecule has 0 aromatic heterocycles. The van der Waals surface area contributed by atoms with Crippen LogP contribution in [0.2, 0.25) is 0 Å². The molecule has 1 aromatic rings. The lowest BCUT2D eigenvalue weighted by molar-refractivity contribution is 0.829. The predicted molar refractivity (Wildman–Crippen MR) is 70.9 cm³/mol. The average molecular weight is 222 g/mol. The zero-order valence-corrected chi connectivity index (χ0v) is 9.56. The number of hydrogen-bond donors (Lipinski definition) is 1. The number of nitrogens with one attached hydrogen (secondary N) is 1. The summed E-state index contributed by atoms with van der Waals surface area (Å²) in [6.45, 7) is 0. The molecule has 2 nitrogen and oxygen atoms in total. The van der Waals surface area contributed by atoms with Gasteiger partial charge in [0.05, 0.1) is 11.4 Å². The molecule has 1 N–H and O–H groups in total. The molecule has 0 saturated carbocycles. The minimum absolute atomic E-state index is 0.286. The molecule has 0 spiro atoms. The minimum atomic E-state index is 0.286. The van der Waals surface area contributed by atoms with Gasteiger partial charge in [-0.05, 0) is 42.7 Å². The van der Waals surface area contributed by atoms with Crippen molar-refractivity contribution >= 4 is 11.4 Å². The van der Waals surface area contributed by atoms with Crippen molar-refractivity contribution in [3.8, 4) is 0 Å². The fourth-order valence-electron chi connectivity index (χ4n) is 2.87. The number of hydrogen-bond acceptors (Lipinski definition) is 2. The quantitative estimate of drug-likeness (QED) is 0.723. The van der Waals surface area contributed by atoms with Gasteiger partial charge in [-0.15, -0.1) is 0 Å². The van der Waals surface area contributed by atoms with Gasteiger partial charge in [0.15, 0.2) is 0 Å². The van der Waals surface area contributed by atoms with Gasteiger partial charge in [-0.3, -0.25) is 0 Å². The van der Waals surface area contributed by atoms with E-state index in [1.807, 2.05) is 0 Å². The highest BCUT2D eigenvalue weighted by molar-refractivity contribution is 5.81. The zero-order chi connectivity index (χ0) is 11.2. The van der Waals surface area contributed by atoms with E-state index in [0.717, 1.165) is 12.8 Å². The van der Waals surface area contributed by atoms with Gasteiger partial charge in [0.1, 0.15) is 6.17 Å². The van der Waals surface area contributed by atoms with Crippen LogP contribution in [0.3, 0.4) is 0 Å². The summed E-state index contributed by atoms with van der Waals surface area (Å²) >= 11 is 0. The number of rotatable bonds is 0. The molecular formula is C15H14N2. The summed E-state index contributed by atoms with van der Waals surface area (Å²) in [7, 11) is 0. The Kier molecular flexibility index (Phi) is 1.75. The Balaban J connectivity index is 1.89. The number of para-hydroxylation sites is 2. The fourth-order valence-corrected chi connectivity index (χ4v) is 2.87. The van der Waals surface area contributed by atoms with Crippen molar-refractivity contribution in [2.45, 2.75) is 19.0 Å². The lowest BCUT2D eigenvalue weighted by atomic mass is 9.97. The summed E-state index contributed by atoms with van der Waals surface area (Å²) in [4.78, 5) is 2.40. The smallest absolute Gasteiger partial charge is 0.123 e. The second-order valence-corrected chi connectivity index (χ2v) is 4.69. The molecule has 0 saturated heterocycles. The fraction of sp³-hybridized carbons (Fsp3) is 0.200. The van der Waals surface area contributed by atoms with Crippen LogP contribution in [0.1, 0.15) is 12.8 Å². The highest BCUT2D eigenvalue weighted by Crippen LogP contribution is 2.41. The van der Waals surface area contributed by atoms with Gasteiger partial charge >= 0.3 is 0 Å². The van der Waals surface area contributed by atoms with Crippen molar-refractivity contribution in [2.75, 3.05) is 10.2 Å². The van der Waals surface area contributed by atoms with Crippen LogP contribution in [0.5, 0.6) is 0 Å². The summed E-state index contributed by atoms with van der Waals surface area (Å²) in [5.41, 5.74) is 5.35. The molecule has 4 rings (SSSR count). The zero-order valence-electron chi connectivity index (χ0n) is 9.56. The van der Waals surface area contributed by atoms with Crippen LogP contribution < -0.4 is 10.2 Å². The molecule has 1 aromatic carbocycles. The first-order valence-corrected chi connectivity index (χ1v) is 6.16. The normalized spacial score (nSPS) is 24.2. The number of nitrogens with zero attached hydrogens (tertiary/aromatic N) is 1. The maximum absolute atomic E-state index is 3.54. The summed E-state index contributed by atoms with van der Waals surface area (Å²) in [5, 5.41) is 3.54. The maximum Gasteiger partial charge on any atom is 0.123 e. The van der Waals surface area contributed by atoms with Crippen LogP contribution in [0.25, 0.3) is 0 Å². The Hall–Kier alpha value is -1.96. The molecule has 2 heterocycles. The molecule has 0 radical (unpaired) electrons. The number of benzene rings is 1. The number of anilines is 2. The van der Waals surface area contributed by atoms with E-state index in [9.17, 15) is 0 Å². The third kappa shape index (κ3) is 1.21. The maximum atomic E-state index is 3.54. The van der Waals surface area contributed by atoms with E-state index in [1.165, 1.54) is 22.6 Å². The van der Waals surface area contributed by atoms with E-state index >= 15 is 0 Å². The van der Waals surface area contributed by atoms with E-state index in [1.54, 1.807) is 0 Å². The SMILES string of the molecule is C1=CC2=C(C=CC3Nc4ccccc4N23)CC1.